The van der Waals surface area contributed by atoms with Gasteiger partial charge >= 0.3 is 0 Å². The maximum Gasteiger partial charge on any atom is 0.0725 e. The fraction of sp³-hybridized carbons (Fsp3) is 1.00. The quantitative estimate of drug-likeness (QED) is 0.738. The van der Waals surface area contributed by atoms with Gasteiger partial charge in [0.25, 0.3) is 0 Å². The molecule has 2 aliphatic carbocycles. The third kappa shape index (κ3) is 1.82. The van der Waals surface area contributed by atoms with Crippen molar-refractivity contribution >= 4 is 0 Å². The molecular weight excluding hydrogens is 176 g/mol. The second kappa shape index (κ2) is 3.82. The van der Waals surface area contributed by atoms with E-state index in [-0.39, 0.29) is 5.60 Å². The summed E-state index contributed by atoms with van der Waals surface area (Å²) in [5.41, 5.74) is -0.380. The number of hydrogen-bond donors (Lipinski definition) is 1. The molecule has 0 radical (unpaired) electrons. The lowest BCUT2D eigenvalue weighted by molar-refractivity contribution is -0.167. The van der Waals surface area contributed by atoms with E-state index in [0.29, 0.717) is 12.0 Å². The van der Waals surface area contributed by atoms with Crippen LogP contribution in [0.3, 0.4) is 0 Å². The minimum absolute atomic E-state index is 0.317. The van der Waals surface area contributed by atoms with Gasteiger partial charge in [-0.05, 0) is 24.7 Å². The van der Waals surface area contributed by atoms with Crippen LogP contribution in [0.1, 0.15) is 45.4 Å². The Morgan fingerprint density at radius 2 is 2.00 bits per heavy atom. The summed E-state index contributed by atoms with van der Waals surface area (Å²) in [6, 6.07) is 0. The highest BCUT2D eigenvalue weighted by atomic mass is 16.5. The first kappa shape index (κ1) is 10.4. The van der Waals surface area contributed by atoms with Gasteiger partial charge in [-0.1, -0.05) is 19.8 Å². The molecule has 0 aromatic heterocycles. The molecular formula is C12H22O2. The van der Waals surface area contributed by atoms with Crippen LogP contribution in [0.15, 0.2) is 0 Å². The van der Waals surface area contributed by atoms with Crippen LogP contribution in [-0.2, 0) is 4.74 Å². The normalized spacial score (nSPS) is 48.6. The van der Waals surface area contributed by atoms with E-state index >= 15 is 0 Å². The monoisotopic (exact) mass is 198 g/mol. The van der Waals surface area contributed by atoms with Gasteiger partial charge in [0, 0.05) is 20.0 Å². The minimum atomic E-state index is -0.380. The zero-order valence-corrected chi connectivity index (χ0v) is 9.33. The summed E-state index contributed by atoms with van der Waals surface area (Å²) in [6.45, 7) is 2.31. The molecule has 2 unspecified atom stereocenters. The van der Waals surface area contributed by atoms with Crippen molar-refractivity contribution in [2.24, 2.45) is 11.8 Å². The largest absolute Gasteiger partial charge is 0.389 e. The molecule has 2 fully saturated rings. The number of ether oxygens (including phenoxy) is 1. The molecule has 2 rings (SSSR count). The maximum absolute atomic E-state index is 10.4. The molecule has 0 aromatic rings. The highest BCUT2D eigenvalue weighted by Gasteiger charge is 2.49. The Morgan fingerprint density at radius 3 is 2.57 bits per heavy atom. The molecule has 0 aliphatic heterocycles. The highest BCUT2D eigenvalue weighted by molar-refractivity contribution is 5.00. The first-order valence-electron chi connectivity index (χ1n) is 5.89. The number of hydrogen-bond acceptors (Lipinski definition) is 2. The molecule has 2 nitrogen and oxygen atoms in total. The van der Waals surface area contributed by atoms with E-state index in [2.05, 4.69) is 6.92 Å². The van der Waals surface area contributed by atoms with Crippen LogP contribution in [-0.4, -0.2) is 23.9 Å². The van der Waals surface area contributed by atoms with E-state index in [1.165, 1.54) is 25.7 Å². The summed E-state index contributed by atoms with van der Waals surface area (Å²) in [7, 11) is 1.74. The van der Waals surface area contributed by atoms with Crippen molar-refractivity contribution in [2.45, 2.75) is 57.2 Å². The molecule has 2 atom stereocenters. The molecule has 1 N–H and O–H groups in total. The van der Waals surface area contributed by atoms with Crippen LogP contribution in [0.25, 0.3) is 0 Å². The van der Waals surface area contributed by atoms with Gasteiger partial charge < -0.3 is 9.84 Å². The lowest BCUT2D eigenvalue weighted by Gasteiger charge is -2.49. The molecule has 82 valence electrons. The predicted molar refractivity (Wildman–Crippen MR) is 56.1 cm³/mol. The summed E-state index contributed by atoms with van der Waals surface area (Å²) in [5.74, 6) is 1.34. The van der Waals surface area contributed by atoms with Gasteiger partial charge in [0.1, 0.15) is 0 Å². The van der Waals surface area contributed by atoms with Gasteiger partial charge in [-0.2, -0.15) is 0 Å². The van der Waals surface area contributed by atoms with Crippen molar-refractivity contribution in [2.75, 3.05) is 7.11 Å². The zero-order valence-electron chi connectivity index (χ0n) is 9.33. The number of methoxy groups -OCH3 is 1. The van der Waals surface area contributed by atoms with Crippen LogP contribution in [0.4, 0.5) is 0 Å². The molecule has 0 spiro atoms. The fourth-order valence-electron chi connectivity index (χ4n) is 3.15. The molecule has 2 heteroatoms. The Morgan fingerprint density at radius 1 is 1.29 bits per heavy atom. The topological polar surface area (TPSA) is 29.5 Å². The first-order chi connectivity index (χ1) is 6.64. The fourth-order valence-corrected chi connectivity index (χ4v) is 3.15. The number of aliphatic hydroxyl groups is 1. The van der Waals surface area contributed by atoms with Crippen molar-refractivity contribution in [3.8, 4) is 0 Å². The van der Waals surface area contributed by atoms with Crippen LogP contribution < -0.4 is 0 Å². The average Bonchev–Trinajstić information content (AvgIpc) is 2.13. The van der Waals surface area contributed by atoms with Crippen LogP contribution >= 0.6 is 0 Å². The van der Waals surface area contributed by atoms with Gasteiger partial charge in [-0.15, -0.1) is 0 Å². The molecule has 0 bridgehead atoms. The van der Waals surface area contributed by atoms with Gasteiger partial charge in [-0.25, -0.2) is 0 Å². The lowest BCUT2D eigenvalue weighted by atomic mass is 9.63. The van der Waals surface area contributed by atoms with E-state index in [0.717, 1.165) is 18.8 Å². The molecule has 0 aromatic carbocycles. The molecule has 0 saturated heterocycles. The zero-order chi connectivity index (χ0) is 10.2. The van der Waals surface area contributed by atoms with E-state index in [4.69, 9.17) is 4.74 Å². The summed E-state index contributed by atoms with van der Waals surface area (Å²) >= 11 is 0. The van der Waals surface area contributed by atoms with Crippen molar-refractivity contribution in [3.63, 3.8) is 0 Å². The average molecular weight is 198 g/mol. The molecule has 2 aliphatic rings. The second-order valence-electron chi connectivity index (χ2n) is 5.34. The van der Waals surface area contributed by atoms with E-state index < -0.39 is 0 Å². The lowest BCUT2D eigenvalue weighted by Crippen LogP contribution is -2.54. The standard InChI is InChI=1S/C12H22O2/c1-9-4-3-5-10(6-9)12(13)7-11(8-12)14-2/h9-11,13H,3-8H2,1-2H3. The summed E-state index contributed by atoms with van der Waals surface area (Å²) < 4.78 is 5.24. The second-order valence-corrected chi connectivity index (χ2v) is 5.34. The number of rotatable bonds is 2. The Hall–Kier alpha value is -0.0800. The minimum Gasteiger partial charge on any atom is -0.389 e. The summed E-state index contributed by atoms with van der Waals surface area (Å²) in [4.78, 5) is 0. The van der Waals surface area contributed by atoms with Crippen molar-refractivity contribution < 1.29 is 9.84 Å². The van der Waals surface area contributed by atoms with Crippen molar-refractivity contribution in [3.05, 3.63) is 0 Å². The van der Waals surface area contributed by atoms with Gasteiger partial charge in [0.2, 0.25) is 0 Å². The van der Waals surface area contributed by atoms with E-state index in [1.807, 2.05) is 0 Å². The van der Waals surface area contributed by atoms with E-state index in [9.17, 15) is 5.11 Å². The van der Waals surface area contributed by atoms with Gasteiger partial charge in [0.05, 0.1) is 11.7 Å². The molecule has 0 amide bonds. The summed E-state index contributed by atoms with van der Waals surface area (Å²) in [6.07, 6.45) is 7.12. The third-order valence-electron chi connectivity index (χ3n) is 4.19. The Balaban J connectivity index is 1.88. The molecule has 2 saturated carbocycles. The maximum atomic E-state index is 10.4. The van der Waals surface area contributed by atoms with Gasteiger partial charge in [-0.3, -0.25) is 0 Å². The van der Waals surface area contributed by atoms with Crippen LogP contribution in [0.5, 0.6) is 0 Å². The highest BCUT2D eigenvalue weighted by Crippen LogP contribution is 2.46. The molecule has 0 heterocycles. The first-order valence-corrected chi connectivity index (χ1v) is 5.89. The smallest absolute Gasteiger partial charge is 0.0725 e. The Kier molecular flexibility index (Phi) is 2.85. The summed E-state index contributed by atoms with van der Waals surface area (Å²) in [5, 5.41) is 10.4. The third-order valence-corrected chi connectivity index (χ3v) is 4.19. The van der Waals surface area contributed by atoms with Crippen LogP contribution in [0, 0.1) is 11.8 Å². The van der Waals surface area contributed by atoms with Crippen molar-refractivity contribution in [1.82, 2.24) is 0 Å². The van der Waals surface area contributed by atoms with Gasteiger partial charge in [0.15, 0.2) is 0 Å². The molecule has 14 heavy (non-hydrogen) atoms. The van der Waals surface area contributed by atoms with Crippen molar-refractivity contribution in [1.29, 1.82) is 0 Å². The SMILES string of the molecule is COC1CC(O)(C2CCCC(C)C2)C1. The Labute approximate surface area is 86.6 Å². The Bertz CT molecular complexity index is 196. The van der Waals surface area contributed by atoms with Crippen LogP contribution in [0.2, 0.25) is 0 Å². The predicted octanol–water partition coefficient (Wildman–Crippen LogP) is 2.35. The van der Waals surface area contributed by atoms with E-state index in [1.54, 1.807) is 7.11 Å².